The number of rotatable bonds is 5. The molecule has 5 heteroatoms. The van der Waals surface area contributed by atoms with Crippen LogP contribution in [0.1, 0.15) is 18.1 Å². The van der Waals surface area contributed by atoms with E-state index >= 15 is 0 Å². The van der Waals surface area contributed by atoms with Gasteiger partial charge in [0.1, 0.15) is 11.6 Å². The van der Waals surface area contributed by atoms with Crippen molar-refractivity contribution < 1.29 is 18.3 Å². The molecule has 1 unspecified atom stereocenters. The van der Waals surface area contributed by atoms with E-state index in [2.05, 4.69) is 0 Å². The molecule has 0 aliphatic carbocycles. The predicted octanol–water partition coefficient (Wildman–Crippen LogP) is 2.29. The highest BCUT2D eigenvalue weighted by atomic mass is 19.1. The summed E-state index contributed by atoms with van der Waals surface area (Å²) in [4.78, 5) is 2.02. The Kier molecular flexibility index (Phi) is 4.24. The van der Waals surface area contributed by atoms with E-state index in [1.165, 1.54) is 0 Å². The summed E-state index contributed by atoms with van der Waals surface area (Å²) in [7, 11) is 0. The lowest BCUT2D eigenvalue weighted by Crippen LogP contribution is -2.49. The van der Waals surface area contributed by atoms with Crippen LogP contribution in [0.25, 0.3) is 0 Å². The quantitative estimate of drug-likeness (QED) is 0.877. The molecule has 0 saturated carbocycles. The van der Waals surface area contributed by atoms with Crippen LogP contribution in [0.5, 0.6) is 0 Å². The number of hydrogen-bond acceptors (Lipinski definition) is 2. The first kappa shape index (κ1) is 13.4. The fourth-order valence-corrected chi connectivity index (χ4v) is 2.29. The van der Waals surface area contributed by atoms with Gasteiger partial charge in [0.15, 0.2) is 0 Å². The molecule has 1 heterocycles. The van der Waals surface area contributed by atoms with Gasteiger partial charge in [-0.25, -0.2) is 8.78 Å². The van der Waals surface area contributed by atoms with Gasteiger partial charge >= 0.3 is 0 Å². The standard InChI is InChI=1S/C13H16F3NO/c14-2-1-3-17-7-10(8-17)13(18)9-4-11(15)6-12(16)5-9/h4-6,10,13,18H,1-3,7-8H2. The first-order chi connectivity index (χ1) is 8.60. The van der Waals surface area contributed by atoms with E-state index in [0.717, 1.165) is 18.2 Å². The molecule has 2 nitrogen and oxygen atoms in total. The highest BCUT2D eigenvalue weighted by molar-refractivity contribution is 5.21. The molecule has 0 aromatic heterocycles. The van der Waals surface area contributed by atoms with E-state index in [-0.39, 0.29) is 18.2 Å². The van der Waals surface area contributed by atoms with Gasteiger partial charge in [0.05, 0.1) is 12.8 Å². The largest absolute Gasteiger partial charge is 0.388 e. The molecule has 2 rings (SSSR count). The lowest BCUT2D eigenvalue weighted by Gasteiger charge is -2.41. The maximum atomic E-state index is 13.0. The fourth-order valence-electron chi connectivity index (χ4n) is 2.29. The fraction of sp³-hybridized carbons (Fsp3) is 0.538. The summed E-state index contributed by atoms with van der Waals surface area (Å²) in [5, 5.41) is 10.00. The Hall–Kier alpha value is -1.07. The number of halogens is 3. The number of nitrogens with zero attached hydrogens (tertiary/aromatic N) is 1. The van der Waals surface area contributed by atoms with Gasteiger partial charge in [0, 0.05) is 31.6 Å². The number of benzene rings is 1. The molecule has 1 aliphatic rings. The molecule has 0 bridgehead atoms. The minimum Gasteiger partial charge on any atom is -0.388 e. The molecule has 18 heavy (non-hydrogen) atoms. The van der Waals surface area contributed by atoms with Crippen LogP contribution in [0.4, 0.5) is 13.2 Å². The smallest absolute Gasteiger partial charge is 0.126 e. The topological polar surface area (TPSA) is 23.5 Å². The Morgan fingerprint density at radius 2 is 1.83 bits per heavy atom. The molecular weight excluding hydrogens is 243 g/mol. The lowest BCUT2D eigenvalue weighted by molar-refractivity contribution is -0.00635. The summed E-state index contributed by atoms with van der Waals surface area (Å²) in [6, 6.07) is 3.08. The molecule has 1 aliphatic heterocycles. The molecule has 0 amide bonds. The van der Waals surface area contributed by atoms with Gasteiger partial charge in [-0.05, 0) is 24.1 Å². The van der Waals surface area contributed by atoms with Crippen LogP contribution in [0.3, 0.4) is 0 Å². The van der Waals surface area contributed by atoms with E-state index in [0.29, 0.717) is 26.1 Å². The molecule has 100 valence electrons. The average molecular weight is 259 g/mol. The highest BCUT2D eigenvalue weighted by Gasteiger charge is 2.33. The van der Waals surface area contributed by atoms with Crippen molar-refractivity contribution in [3.05, 3.63) is 35.4 Å². The van der Waals surface area contributed by atoms with E-state index < -0.39 is 17.7 Å². The van der Waals surface area contributed by atoms with Crippen molar-refractivity contribution >= 4 is 0 Å². The van der Waals surface area contributed by atoms with E-state index in [9.17, 15) is 18.3 Å². The van der Waals surface area contributed by atoms with Gasteiger partial charge in [0.25, 0.3) is 0 Å². The van der Waals surface area contributed by atoms with Crippen LogP contribution < -0.4 is 0 Å². The minimum atomic E-state index is -0.864. The molecule has 1 fully saturated rings. The lowest BCUT2D eigenvalue weighted by atomic mass is 9.89. The van der Waals surface area contributed by atoms with Crippen molar-refractivity contribution in [2.75, 3.05) is 26.3 Å². The normalized spacial score (nSPS) is 18.7. The molecule has 0 spiro atoms. The highest BCUT2D eigenvalue weighted by Crippen LogP contribution is 2.30. The zero-order valence-corrected chi connectivity index (χ0v) is 9.95. The third-order valence-corrected chi connectivity index (χ3v) is 3.27. The van der Waals surface area contributed by atoms with Gasteiger partial charge in [-0.3, -0.25) is 4.39 Å². The van der Waals surface area contributed by atoms with Gasteiger partial charge < -0.3 is 10.0 Å². The van der Waals surface area contributed by atoms with E-state index in [1.54, 1.807) is 0 Å². The summed E-state index contributed by atoms with van der Waals surface area (Å²) in [5.41, 5.74) is 0.266. The molecular formula is C13H16F3NO. The van der Waals surface area contributed by atoms with Crippen molar-refractivity contribution in [2.45, 2.75) is 12.5 Å². The van der Waals surface area contributed by atoms with Crippen LogP contribution in [0.2, 0.25) is 0 Å². The van der Waals surface area contributed by atoms with E-state index in [4.69, 9.17) is 0 Å². The van der Waals surface area contributed by atoms with Crippen molar-refractivity contribution in [1.29, 1.82) is 0 Å². The third kappa shape index (κ3) is 3.03. The SMILES string of the molecule is OC(c1cc(F)cc(F)c1)C1CN(CCCF)C1. The second-order valence-electron chi connectivity index (χ2n) is 4.71. The third-order valence-electron chi connectivity index (χ3n) is 3.27. The van der Waals surface area contributed by atoms with Gasteiger partial charge in [-0.15, -0.1) is 0 Å². The Morgan fingerprint density at radius 1 is 1.22 bits per heavy atom. The maximum absolute atomic E-state index is 13.0. The minimum absolute atomic E-state index is 0.0363. The van der Waals surface area contributed by atoms with Crippen LogP contribution in [-0.4, -0.2) is 36.3 Å². The summed E-state index contributed by atoms with van der Waals surface area (Å²) < 4.78 is 38.0. The van der Waals surface area contributed by atoms with Crippen molar-refractivity contribution in [3.63, 3.8) is 0 Å². The van der Waals surface area contributed by atoms with Gasteiger partial charge in [-0.2, -0.15) is 0 Å². The summed E-state index contributed by atoms with van der Waals surface area (Å²) in [6.45, 7) is 1.59. The van der Waals surface area contributed by atoms with Crippen molar-refractivity contribution in [3.8, 4) is 0 Å². The summed E-state index contributed by atoms with van der Waals surface area (Å²) in [6.07, 6.45) is -0.381. The first-order valence-electron chi connectivity index (χ1n) is 6.02. The Balaban J connectivity index is 1.91. The Labute approximate surface area is 104 Å². The number of likely N-dealkylation sites (tertiary alicyclic amines) is 1. The number of hydrogen-bond donors (Lipinski definition) is 1. The zero-order valence-electron chi connectivity index (χ0n) is 9.95. The van der Waals surface area contributed by atoms with Crippen LogP contribution in [0, 0.1) is 17.6 Å². The number of aliphatic hydroxyl groups is 1. The predicted molar refractivity (Wildman–Crippen MR) is 61.8 cm³/mol. The summed E-state index contributed by atoms with van der Waals surface area (Å²) >= 11 is 0. The molecule has 1 N–H and O–H groups in total. The molecule has 1 saturated heterocycles. The molecule has 1 aromatic rings. The Morgan fingerprint density at radius 3 is 2.39 bits per heavy atom. The van der Waals surface area contributed by atoms with Crippen LogP contribution in [-0.2, 0) is 0 Å². The second-order valence-corrected chi connectivity index (χ2v) is 4.71. The first-order valence-corrected chi connectivity index (χ1v) is 6.02. The molecule has 1 atom stereocenters. The van der Waals surface area contributed by atoms with Crippen LogP contribution >= 0.6 is 0 Å². The maximum Gasteiger partial charge on any atom is 0.126 e. The van der Waals surface area contributed by atoms with Crippen molar-refractivity contribution in [1.82, 2.24) is 4.90 Å². The zero-order chi connectivity index (χ0) is 13.1. The van der Waals surface area contributed by atoms with Crippen molar-refractivity contribution in [2.24, 2.45) is 5.92 Å². The van der Waals surface area contributed by atoms with E-state index in [1.807, 2.05) is 4.90 Å². The number of alkyl halides is 1. The molecule has 0 radical (unpaired) electrons. The van der Waals surface area contributed by atoms with Gasteiger partial charge in [0.2, 0.25) is 0 Å². The summed E-state index contributed by atoms with van der Waals surface area (Å²) in [5.74, 6) is -1.40. The Bertz CT molecular complexity index is 387. The van der Waals surface area contributed by atoms with Crippen LogP contribution in [0.15, 0.2) is 18.2 Å². The monoisotopic (exact) mass is 259 g/mol. The van der Waals surface area contributed by atoms with Gasteiger partial charge in [-0.1, -0.05) is 0 Å². The second kappa shape index (κ2) is 5.71. The molecule has 1 aromatic carbocycles. The average Bonchev–Trinajstić information content (AvgIpc) is 2.25. The number of aliphatic hydroxyl groups excluding tert-OH is 1.